The summed E-state index contributed by atoms with van der Waals surface area (Å²) < 4.78 is 8.84. The number of nitrogens with zero attached hydrogens (tertiary/aromatic N) is 2. The molecule has 0 aliphatic heterocycles. The van der Waals surface area contributed by atoms with Gasteiger partial charge in [0.2, 0.25) is 0 Å². The Morgan fingerprint density at radius 2 is 0.857 bits per heavy atom. The molecule has 10 aromatic carbocycles. The number of rotatable bonds is 8. The maximum absolute atomic E-state index is 6.46. The maximum Gasteiger partial charge on any atom is 0.137 e. The first-order chi connectivity index (χ1) is 31.2. The van der Waals surface area contributed by atoms with Crippen LogP contribution < -0.4 is 4.90 Å². The van der Waals surface area contributed by atoms with Crippen molar-refractivity contribution >= 4 is 60.8 Å². The third-order valence-electron chi connectivity index (χ3n) is 12.4. The van der Waals surface area contributed by atoms with Crippen LogP contribution in [0, 0.1) is 0 Å². The summed E-state index contributed by atoms with van der Waals surface area (Å²) in [5, 5.41) is 4.74. The van der Waals surface area contributed by atoms with Crippen LogP contribution in [0.1, 0.15) is 0 Å². The molecule has 0 spiro atoms. The summed E-state index contributed by atoms with van der Waals surface area (Å²) in [5.41, 5.74) is 17.8. The van der Waals surface area contributed by atoms with Gasteiger partial charge in [-0.15, -0.1) is 0 Å². The van der Waals surface area contributed by atoms with Crippen LogP contribution in [-0.2, 0) is 0 Å². The maximum atomic E-state index is 6.46. The van der Waals surface area contributed by atoms with Crippen molar-refractivity contribution in [2.75, 3.05) is 4.90 Å². The number of anilines is 3. The molecule has 63 heavy (non-hydrogen) atoms. The van der Waals surface area contributed by atoms with Crippen LogP contribution in [0.2, 0.25) is 0 Å². The van der Waals surface area contributed by atoms with Crippen LogP contribution in [0.4, 0.5) is 17.1 Å². The number of fused-ring (bicyclic) bond motifs is 6. The van der Waals surface area contributed by atoms with Gasteiger partial charge in [0.15, 0.2) is 0 Å². The van der Waals surface area contributed by atoms with Gasteiger partial charge in [-0.1, -0.05) is 170 Å². The van der Waals surface area contributed by atoms with E-state index in [1.54, 1.807) is 0 Å². The second-order valence-electron chi connectivity index (χ2n) is 16.1. The van der Waals surface area contributed by atoms with Crippen LogP contribution in [0.15, 0.2) is 247 Å². The molecule has 0 bridgehead atoms. The summed E-state index contributed by atoms with van der Waals surface area (Å²) in [7, 11) is 0. The Morgan fingerprint density at radius 1 is 0.317 bits per heavy atom. The molecule has 0 fully saturated rings. The highest BCUT2D eigenvalue weighted by Crippen LogP contribution is 2.45. The highest BCUT2D eigenvalue weighted by atomic mass is 16.3. The van der Waals surface area contributed by atoms with Crippen LogP contribution in [-0.4, -0.2) is 4.57 Å². The second kappa shape index (κ2) is 15.3. The lowest BCUT2D eigenvalue weighted by Crippen LogP contribution is -2.11. The number of benzene rings is 10. The minimum Gasteiger partial charge on any atom is -0.456 e. The van der Waals surface area contributed by atoms with Gasteiger partial charge in [-0.05, 0) is 106 Å². The standard InChI is InChI=1S/C60H40N2O/c1-4-15-41(16-5-1)46-33-38-56(54(39-46)44-17-6-2-7-18-44)61(49-36-37-52-51-21-11-13-26-58(51)63-59(52)40-49)48-34-31-43(32-35-48)42-27-29-45(30-28-42)50-23-14-25-57-60(50)53-22-10-12-24-55(53)62(57)47-19-8-3-9-20-47/h1-40H. The third kappa shape index (κ3) is 6.38. The normalized spacial score (nSPS) is 11.5. The van der Waals surface area contributed by atoms with Gasteiger partial charge in [-0.3, -0.25) is 0 Å². The van der Waals surface area contributed by atoms with Crippen molar-refractivity contribution in [1.29, 1.82) is 0 Å². The molecule has 0 atom stereocenters. The monoisotopic (exact) mass is 804 g/mol. The topological polar surface area (TPSA) is 21.3 Å². The Morgan fingerprint density at radius 3 is 1.62 bits per heavy atom. The van der Waals surface area contributed by atoms with E-state index in [9.17, 15) is 0 Å². The van der Waals surface area contributed by atoms with Crippen LogP contribution in [0.25, 0.3) is 93.9 Å². The smallest absolute Gasteiger partial charge is 0.137 e. The molecule has 3 nitrogen and oxygen atoms in total. The fourth-order valence-electron chi connectivity index (χ4n) is 9.43. The predicted octanol–water partition coefficient (Wildman–Crippen LogP) is 16.8. The lowest BCUT2D eigenvalue weighted by molar-refractivity contribution is 0.669. The minimum atomic E-state index is 0.859. The summed E-state index contributed by atoms with van der Waals surface area (Å²) in [6.45, 7) is 0. The first kappa shape index (κ1) is 36.5. The molecular weight excluding hydrogens is 765 g/mol. The average molecular weight is 805 g/mol. The molecule has 0 amide bonds. The summed E-state index contributed by atoms with van der Waals surface area (Å²) >= 11 is 0. The average Bonchev–Trinajstić information content (AvgIpc) is 3.91. The van der Waals surface area contributed by atoms with Crippen molar-refractivity contribution in [3.05, 3.63) is 243 Å². The van der Waals surface area contributed by atoms with E-state index in [0.29, 0.717) is 0 Å². The van der Waals surface area contributed by atoms with E-state index in [-0.39, 0.29) is 0 Å². The zero-order chi connectivity index (χ0) is 41.7. The summed E-state index contributed by atoms with van der Waals surface area (Å²) in [6, 6.07) is 87.0. The molecule has 0 saturated heterocycles. The minimum absolute atomic E-state index is 0.859. The second-order valence-corrected chi connectivity index (χ2v) is 16.1. The molecule has 2 aromatic heterocycles. The largest absolute Gasteiger partial charge is 0.456 e. The van der Waals surface area contributed by atoms with Crippen molar-refractivity contribution in [2.45, 2.75) is 0 Å². The van der Waals surface area contributed by atoms with Crippen LogP contribution in [0.5, 0.6) is 0 Å². The molecule has 0 aliphatic rings. The van der Waals surface area contributed by atoms with Crippen molar-refractivity contribution < 1.29 is 4.42 Å². The molecule has 2 heterocycles. The molecule has 3 heteroatoms. The van der Waals surface area contributed by atoms with Gasteiger partial charge in [0, 0.05) is 50.2 Å². The van der Waals surface area contributed by atoms with Gasteiger partial charge in [-0.2, -0.15) is 0 Å². The highest BCUT2D eigenvalue weighted by Gasteiger charge is 2.21. The first-order valence-electron chi connectivity index (χ1n) is 21.5. The van der Waals surface area contributed by atoms with Gasteiger partial charge < -0.3 is 13.9 Å². The Kier molecular flexibility index (Phi) is 8.83. The molecule has 0 saturated carbocycles. The van der Waals surface area contributed by atoms with E-state index >= 15 is 0 Å². The molecule has 0 aliphatic carbocycles. The van der Waals surface area contributed by atoms with Crippen LogP contribution >= 0.6 is 0 Å². The van der Waals surface area contributed by atoms with Gasteiger partial charge in [0.1, 0.15) is 11.2 Å². The predicted molar refractivity (Wildman–Crippen MR) is 264 cm³/mol. The van der Waals surface area contributed by atoms with Crippen molar-refractivity contribution in [3.8, 4) is 50.2 Å². The Bertz CT molecular complexity index is 3590. The van der Waals surface area contributed by atoms with Crippen molar-refractivity contribution in [1.82, 2.24) is 4.57 Å². The Balaban J connectivity index is 0.955. The first-order valence-corrected chi connectivity index (χ1v) is 21.5. The zero-order valence-corrected chi connectivity index (χ0v) is 34.4. The molecule has 296 valence electrons. The summed E-state index contributed by atoms with van der Waals surface area (Å²) in [6.07, 6.45) is 0. The summed E-state index contributed by atoms with van der Waals surface area (Å²) in [5.74, 6) is 0. The Hall–Kier alpha value is -8.40. The lowest BCUT2D eigenvalue weighted by atomic mass is 9.95. The third-order valence-corrected chi connectivity index (χ3v) is 12.4. The molecule has 12 rings (SSSR count). The van der Waals surface area contributed by atoms with E-state index in [2.05, 4.69) is 240 Å². The molecule has 12 aromatic rings. The Labute approximate surface area is 366 Å². The van der Waals surface area contributed by atoms with Crippen LogP contribution in [0.3, 0.4) is 0 Å². The van der Waals surface area contributed by atoms with Gasteiger partial charge >= 0.3 is 0 Å². The van der Waals surface area contributed by atoms with Gasteiger partial charge in [0.05, 0.1) is 16.7 Å². The fraction of sp³-hybridized carbons (Fsp3) is 0. The number of hydrogen-bond acceptors (Lipinski definition) is 2. The van der Waals surface area contributed by atoms with Gasteiger partial charge in [-0.25, -0.2) is 0 Å². The zero-order valence-electron chi connectivity index (χ0n) is 34.4. The SMILES string of the molecule is c1ccc(-c2ccc(N(c3ccc(-c4ccc(-c5cccc6c5c5ccccc5n6-c5ccccc5)cc4)cc3)c3ccc4c(c3)oc3ccccc34)c(-c3ccccc3)c2)cc1. The molecule has 0 N–H and O–H groups in total. The molecule has 0 unspecified atom stereocenters. The highest BCUT2D eigenvalue weighted by molar-refractivity contribution is 6.16. The van der Waals surface area contributed by atoms with Crippen molar-refractivity contribution in [3.63, 3.8) is 0 Å². The lowest BCUT2D eigenvalue weighted by Gasteiger charge is -2.28. The van der Waals surface area contributed by atoms with E-state index in [4.69, 9.17) is 4.42 Å². The number of aromatic nitrogens is 1. The van der Waals surface area contributed by atoms with E-state index < -0.39 is 0 Å². The van der Waals surface area contributed by atoms with E-state index in [1.165, 1.54) is 44.1 Å². The van der Waals surface area contributed by atoms with Crippen molar-refractivity contribution in [2.24, 2.45) is 0 Å². The van der Waals surface area contributed by atoms with Gasteiger partial charge in [0.25, 0.3) is 0 Å². The number of furan rings is 1. The van der Waals surface area contributed by atoms with E-state index in [0.717, 1.165) is 66.9 Å². The molecule has 0 radical (unpaired) electrons. The quantitative estimate of drug-likeness (QED) is 0.153. The van der Waals surface area contributed by atoms with E-state index in [1.807, 2.05) is 12.1 Å². The fourth-order valence-corrected chi connectivity index (χ4v) is 9.43. The number of hydrogen-bond donors (Lipinski definition) is 0. The summed E-state index contributed by atoms with van der Waals surface area (Å²) in [4.78, 5) is 2.36. The molecular formula is C60H40N2O. The number of para-hydroxylation sites is 3.